The van der Waals surface area contributed by atoms with Crippen molar-refractivity contribution in [3.63, 3.8) is 0 Å². The second-order valence-corrected chi connectivity index (χ2v) is 2.03. The second kappa shape index (κ2) is 8.15. The summed E-state index contributed by atoms with van der Waals surface area (Å²) in [6, 6.07) is 0. The Labute approximate surface area is 63.2 Å². The molecule has 0 amide bonds. The quantitative estimate of drug-likeness (QED) is 0.303. The molecule has 0 unspecified atom stereocenters. The lowest BCUT2D eigenvalue weighted by atomic mass is 10.3. The van der Waals surface area contributed by atoms with E-state index < -0.39 is 0 Å². The molecular weight excluding hydrogens is 122 g/mol. The van der Waals surface area contributed by atoms with Crippen LogP contribution in [0.3, 0.4) is 0 Å². The first-order chi connectivity index (χ1) is 4.91. The Morgan fingerprint density at radius 3 is 2.30 bits per heavy atom. The zero-order valence-electron chi connectivity index (χ0n) is 6.42. The number of rotatable bonds is 6. The fraction of sp³-hybridized carbons (Fsp3) is 0.444. The van der Waals surface area contributed by atoms with Crippen LogP contribution in [-0.2, 0) is 0 Å². The highest BCUT2D eigenvalue weighted by Crippen LogP contribution is 1.86. The molecule has 0 aromatic carbocycles. The monoisotopic (exact) mass is 137 g/mol. The van der Waals surface area contributed by atoms with Gasteiger partial charge < -0.3 is 0 Å². The maximum absolute atomic E-state index is 4.15. The Balaban J connectivity index is 3.03. The first-order valence-corrected chi connectivity index (χ1v) is 3.62. The Kier molecular flexibility index (Phi) is 7.46. The number of hydrogen-bond donors (Lipinski definition) is 0. The molecule has 0 rings (SSSR count). The first-order valence-electron chi connectivity index (χ1n) is 3.62. The minimum atomic E-state index is 0.876. The van der Waals surface area contributed by atoms with Crippen LogP contribution in [0.1, 0.15) is 19.3 Å². The van der Waals surface area contributed by atoms with Crippen molar-refractivity contribution in [1.82, 2.24) is 0 Å². The fourth-order valence-corrected chi connectivity index (χ4v) is 0.541. The molecule has 0 radical (unpaired) electrons. The minimum Gasteiger partial charge on any atom is -0.297 e. The van der Waals surface area contributed by atoms with E-state index in [1.54, 1.807) is 0 Å². The molecule has 0 heterocycles. The number of hydrogen-bond acceptors (Lipinski definition) is 1. The van der Waals surface area contributed by atoms with E-state index in [0.29, 0.717) is 0 Å². The van der Waals surface area contributed by atoms with E-state index in [4.69, 9.17) is 0 Å². The maximum Gasteiger partial charge on any atom is 0.0419 e. The standard InChI is InChI=1S/C9H15N/c1-3-5-7-9-10-8-6-4-2/h3-4,9H,1-2,5-8H2. The maximum atomic E-state index is 4.15. The van der Waals surface area contributed by atoms with Crippen molar-refractivity contribution >= 4 is 6.21 Å². The van der Waals surface area contributed by atoms with Gasteiger partial charge in [0, 0.05) is 6.54 Å². The first kappa shape index (κ1) is 9.15. The SMILES string of the molecule is C=CCCC=NCCC=C. The molecule has 0 aliphatic carbocycles. The smallest absolute Gasteiger partial charge is 0.0419 e. The van der Waals surface area contributed by atoms with Gasteiger partial charge in [-0.1, -0.05) is 12.2 Å². The van der Waals surface area contributed by atoms with Crippen molar-refractivity contribution in [3.8, 4) is 0 Å². The average molecular weight is 137 g/mol. The third-order valence-electron chi connectivity index (χ3n) is 1.09. The van der Waals surface area contributed by atoms with Crippen LogP contribution in [0, 0.1) is 0 Å². The fourth-order valence-electron chi connectivity index (χ4n) is 0.541. The Morgan fingerprint density at radius 2 is 1.70 bits per heavy atom. The van der Waals surface area contributed by atoms with E-state index in [-0.39, 0.29) is 0 Å². The van der Waals surface area contributed by atoms with Crippen molar-refractivity contribution in [2.45, 2.75) is 19.3 Å². The van der Waals surface area contributed by atoms with Crippen LogP contribution in [-0.4, -0.2) is 12.8 Å². The van der Waals surface area contributed by atoms with Gasteiger partial charge in [-0.25, -0.2) is 0 Å². The van der Waals surface area contributed by atoms with Gasteiger partial charge in [-0.3, -0.25) is 4.99 Å². The zero-order valence-corrected chi connectivity index (χ0v) is 6.42. The molecule has 10 heavy (non-hydrogen) atoms. The zero-order chi connectivity index (χ0) is 7.66. The van der Waals surface area contributed by atoms with Gasteiger partial charge in [0.05, 0.1) is 0 Å². The molecule has 0 saturated heterocycles. The molecule has 0 aliphatic rings. The van der Waals surface area contributed by atoms with Gasteiger partial charge >= 0.3 is 0 Å². The number of aliphatic imine (C=N–C) groups is 1. The van der Waals surface area contributed by atoms with E-state index in [1.165, 1.54) is 0 Å². The number of unbranched alkanes of at least 4 members (excludes halogenated alkanes) is 1. The van der Waals surface area contributed by atoms with Gasteiger partial charge in [0.15, 0.2) is 0 Å². The molecule has 0 aromatic rings. The van der Waals surface area contributed by atoms with Crippen molar-refractivity contribution < 1.29 is 0 Å². The summed E-state index contributed by atoms with van der Waals surface area (Å²) in [5.74, 6) is 0. The molecule has 0 aromatic heterocycles. The van der Waals surface area contributed by atoms with Crippen molar-refractivity contribution in [2.24, 2.45) is 4.99 Å². The minimum absolute atomic E-state index is 0.876. The lowest BCUT2D eigenvalue weighted by molar-refractivity contribution is 0.998. The molecule has 0 bridgehead atoms. The summed E-state index contributed by atoms with van der Waals surface area (Å²) >= 11 is 0. The van der Waals surface area contributed by atoms with E-state index in [1.807, 2.05) is 18.4 Å². The highest BCUT2D eigenvalue weighted by Gasteiger charge is 1.75. The Morgan fingerprint density at radius 1 is 1.00 bits per heavy atom. The van der Waals surface area contributed by atoms with Gasteiger partial charge in [0.25, 0.3) is 0 Å². The van der Waals surface area contributed by atoms with E-state index >= 15 is 0 Å². The van der Waals surface area contributed by atoms with E-state index in [9.17, 15) is 0 Å². The molecule has 1 heteroatoms. The van der Waals surface area contributed by atoms with Crippen LogP contribution in [0.2, 0.25) is 0 Å². The number of nitrogens with zero attached hydrogens (tertiary/aromatic N) is 1. The van der Waals surface area contributed by atoms with Crippen molar-refractivity contribution in [2.75, 3.05) is 6.54 Å². The van der Waals surface area contributed by atoms with Gasteiger partial charge in [0.1, 0.15) is 0 Å². The van der Waals surface area contributed by atoms with Gasteiger partial charge in [-0.05, 0) is 25.5 Å². The highest BCUT2D eigenvalue weighted by molar-refractivity contribution is 5.57. The molecule has 1 nitrogen and oxygen atoms in total. The third-order valence-corrected chi connectivity index (χ3v) is 1.09. The van der Waals surface area contributed by atoms with Crippen molar-refractivity contribution in [3.05, 3.63) is 25.3 Å². The van der Waals surface area contributed by atoms with Crippen LogP contribution in [0.15, 0.2) is 30.3 Å². The lowest BCUT2D eigenvalue weighted by Gasteiger charge is -1.86. The van der Waals surface area contributed by atoms with Crippen LogP contribution in [0.25, 0.3) is 0 Å². The summed E-state index contributed by atoms with van der Waals surface area (Å²) in [7, 11) is 0. The van der Waals surface area contributed by atoms with Crippen LogP contribution in [0.4, 0.5) is 0 Å². The summed E-state index contributed by atoms with van der Waals surface area (Å²) in [5, 5.41) is 0. The topological polar surface area (TPSA) is 12.4 Å². The molecule has 0 aliphatic heterocycles. The van der Waals surface area contributed by atoms with Crippen molar-refractivity contribution in [1.29, 1.82) is 0 Å². The summed E-state index contributed by atoms with van der Waals surface area (Å²) in [6.07, 6.45) is 8.75. The summed E-state index contributed by atoms with van der Waals surface area (Å²) in [4.78, 5) is 4.15. The molecule has 0 atom stereocenters. The average Bonchev–Trinajstić information content (AvgIpc) is 1.97. The van der Waals surface area contributed by atoms with Gasteiger partial charge in [-0.2, -0.15) is 0 Å². The Bertz CT molecular complexity index is 99.9. The van der Waals surface area contributed by atoms with E-state index in [0.717, 1.165) is 25.8 Å². The normalized spacial score (nSPS) is 10.0. The third kappa shape index (κ3) is 7.15. The predicted octanol–water partition coefficient (Wildman–Crippen LogP) is 2.60. The number of allylic oxidation sites excluding steroid dienone is 1. The largest absolute Gasteiger partial charge is 0.297 e. The molecular formula is C9H15N. The summed E-state index contributed by atoms with van der Waals surface area (Å²) in [5.41, 5.74) is 0. The Hall–Kier alpha value is -0.850. The van der Waals surface area contributed by atoms with Crippen LogP contribution < -0.4 is 0 Å². The molecule has 0 fully saturated rings. The lowest BCUT2D eigenvalue weighted by Crippen LogP contribution is -1.78. The van der Waals surface area contributed by atoms with Gasteiger partial charge in [-0.15, -0.1) is 13.2 Å². The highest BCUT2D eigenvalue weighted by atomic mass is 14.7. The molecule has 0 saturated carbocycles. The van der Waals surface area contributed by atoms with Crippen LogP contribution >= 0.6 is 0 Å². The second-order valence-electron chi connectivity index (χ2n) is 2.03. The molecule has 0 N–H and O–H groups in total. The van der Waals surface area contributed by atoms with Gasteiger partial charge in [0.2, 0.25) is 0 Å². The van der Waals surface area contributed by atoms with Crippen LogP contribution in [0.5, 0.6) is 0 Å². The summed E-state index contributed by atoms with van der Waals surface area (Å²) < 4.78 is 0. The summed E-state index contributed by atoms with van der Waals surface area (Å²) in [6.45, 7) is 8.10. The molecule has 0 spiro atoms. The molecule has 56 valence electrons. The van der Waals surface area contributed by atoms with E-state index in [2.05, 4.69) is 18.2 Å². The predicted molar refractivity (Wildman–Crippen MR) is 47.6 cm³/mol.